The van der Waals surface area contributed by atoms with Gasteiger partial charge in [0.25, 0.3) is 5.56 Å². The van der Waals surface area contributed by atoms with E-state index in [9.17, 15) is 9.59 Å². The average Bonchev–Trinajstić information content (AvgIpc) is 3.14. The van der Waals surface area contributed by atoms with Crippen molar-refractivity contribution in [3.63, 3.8) is 0 Å². The number of imidazole rings is 1. The minimum absolute atomic E-state index is 0.0691. The fourth-order valence-electron chi connectivity index (χ4n) is 3.73. The number of aryl methyl sites for hydroxylation is 1. The van der Waals surface area contributed by atoms with Gasteiger partial charge < -0.3 is 10.3 Å². The second-order valence-corrected chi connectivity index (χ2v) is 7.55. The van der Waals surface area contributed by atoms with E-state index >= 15 is 0 Å². The quantitative estimate of drug-likeness (QED) is 0.545. The van der Waals surface area contributed by atoms with Gasteiger partial charge in [-0.15, -0.1) is 11.3 Å². The van der Waals surface area contributed by atoms with Crippen LogP contribution in [-0.4, -0.2) is 20.3 Å². The lowest BCUT2D eigenvalue weighted by molar-refractivity contribution is -0.121. The molecule has 3 aromatic heterocycles. The number of pyridine rings is 1. The van der Waals surface area contributed by atoms with Gasteiger partial charge in [-0.3, -0.25) is 14.0 Å². The summed E-state index contributed by atoms with van der Waals surface area (Å²) in [6, 6.07) is 7.89. The normalized spacial score (nSPS) is 17.3. The maximum absolute atomic E-state index is 12.9. The number of aromatic amines is 1. The third-order valence-electron chi connectivity index (χ3n) is 4.95. The summed E-state index contributed by atoms with van der Waals surface area (Å²) in [5.74, 6) is -0.396. The number of aromatic nitrogens is 3. The zero-order valence-electron chi connectivity index (χ0n) is 14.1. The summed E-state index contributed by atoms with van der Waals surface area (Å²) in [4.78, 5) is 33.6. The summed E-state index contributed by atoms with van der Waals surface area (Å²) < 4.78 is 2.00. The van der Waals surface area contributed by atoms with E-state index in [-0.39, 0.29) is 23.8 Å². The fraction of sp³-hybridized carbons (Fsp3) is 0.211. The van der Waals surface area contributed by atoms with E-state index in [1.807, 2.05) is 47.2 Å². The number of thiazole rings is 1. The monoisotopic (exact) mass is 364 g/mol. The summed E-state index contributed by atoms with van der Waals surface area (Å²) in [6.07, 6.45) is 2.18. The molecule has 1 aliphatic heterocycles. The number of carbonyl (C=O) groups is 1. The topological polar surface area (TPSA) is 79.3 Å². The van der Waals surface area contributed by atoms with Crippen LogP contribution in [0.3, 0.4) is 0 Å². The first-order valence-electron chi connectivity index (χ1n) is 8.45. The summed E-state index contributed by atoms with van der Waals surface area (Å²) in [5.41, 5.74) is 4.11. The maximum atomic E-state index is 12.9. The molecule has 1 atom stereocenters. The Morgan fingerprint density at radius 3 is 3.04 bits per heavy atom. The van der Waals surface area contributed by atoms with Gasteiger partial charge in [0.1, 0.15) is 0 Å². The standard InChI is InChI=1S/C19H16N4O2S/c1-10-2-3-11-7-13(18(25)21-14(11)6-10)12-8-16(24)20-9-15-17(12)23-4-5-26-19(23)22-15/h2-7,12H,8-9H2,1H3,(H,20,24)(H,21,25). The highest BCUT2D eigenvalue weighted by atomic mass is 32.1. The molecule has 4 aromatic rings. The van der Waals surface area contributed by atoms with Crippen molar-refractivity contribution in [3.8, 4) is 0 Å². The van der Waals surface area contributed by atoms with Crippen molar-refractivity contribution in [2.75, 3.05) is 0 Å². The molecule has 0 spiro atoms. The van der Waals surface area contributed by atoms with E-state index in [0.29, 0.717) is 12.1 Å². The van der Waals surface area contributed by atoms with E-state index in [1.54, 1.807) is 11.3 Å². The van der Waals surface area contributed by atoms with Gasteiger partial charge in [0.2, 0.25) is 5.91 Å². The van der Waals surface area contributed by atoms with E-state index in [1.165, 1.54) is 0 Å². The number of fused-ring (bicyclic) bond motifs is 4. The molecule has 0 aliphatic carbocycles. The zero-order valence-corrected chi connectivity index (χ0v) is 14.9. The molecule has 7 heteroatoms. The van der Waals surface area contributed by atoms with Crippen LogP contribution in [0.4, 0.5) is 0 Å². The Bertz CT molecular complexity index is 1230. The summed E-state index contributed by atoms with van der Waals surface area (Å²) in [6.45, 7) is 2.39. The molecule has 2 N–H and O–H groups in total. The highest BCUT2D eigenvalue weighted by molar-refractivity contribution is 7.15. The zero-order chi connectivity index (χ0) is 17.8. The minimum Gasteiger partial charge on any atom is -0.350 e. The number of benzene rings is 1. The van der Waals surface area contributed by atoms with E-state index in [4.69, 9.17) is 0 Å². The Hall–Kier alpha value is -2.93. The molecule has 0 radical (unpaired) electrons. The van der Waals surface area contributed by atoms with E-state index < -0.39 is 0 Å². The molecule has 0 saturated carbocycles. The van der Waals surface area contributed by atoms with Gasteiger partial charge in [-0.2, -0.15) is 0 Å². The molecule has 0 bridgehead atoms. The van der Waals surface area contributed by atoms with Gasteiger partial charge >= 0.3 is 0 Å². The number of rotatable bonds is 1. The van der Waals surface area contributed by atoms with Crippen LogP contribution < -0.4 is 10.9 Å². The van der Waals surface area contributed by atoms with Gasteiger partial charge in [0.05, 0.1) is 17.9 Å². The van der Waals surface area contributed by atoms with Crippen LogP contribution in [0.15, 0.2) is 40.6 Å². The molecule has 26 heavy (non-hydrogen) atoms. The molecule has 4 heterocycles. The third-order valence-corrected chi connectivity index (χ3v) is 5.71. The number of hydrogen-bond acceptors (Lipinski definition) is 4. The van der Waals surface area contributed by atoms with E-state index in [0.717, 1.165) is 32.8 Å². The molecular weight excluding hydrogens is 348 g/mol. The van der Waals surface area contributed by atoms with Gasteiger partial charge in [0, 0.05) is 35.0 Å². The van der Waals surface area contributed by atoms with Crippen LogP contribution in [-0.2, 0) is 11.3 Å². The maximum Gasteiger partial charge on any atom is 0.252 e. The van der Waals surface area contributed by atoms with Crippen molar-refractivity contribution in [1.29, 1.82) is 0 Å². The van der Waals surface area contributed by atoms with E-state index in [2.05, 4.69) is 15.3 Å². The van der Waals surface area contributed by atoms with Crippen LogP contribution in [0, 0.1) is 6.92 Å². The van der Waals surface area contributed by atoms with Crippen LogP contribution >= 0.6 is 11.3 Å². The Kier molecular flexibility index (Phi) is 3.27. The smallest absolute Gasteiger partial charge is 0.252 e. The van der Waals surface area contributed by atoms with Gasteiger partial charge in [0.15, 0.2) is 4.96 Å². The van der Waals surface area contributed by atoms with Crippen molar-refractivity contribution in [2.24, 2.45) is 0 Å². The first-order chi connectivity index (χ1) is 12.6. The van der Waals surface area contributed by atoms with Crippen molar-refractivity contribution >= 4 is 33.1 Å². The molecule has 0 fully saturated rings. The lowest BCUT2D eigenvalue weighted by atomic mass is 9.91. The van der Waals surface area contributed by atoms with Crippen molar-refractivity contribution < 1.29 is 4.79 Å². The summed E-state index contributed by atoms with van der Waals surface area (Å²) >= 11 is 1.55. The van der Waals surface area contributed by atoms with Gasteiger partial charge in [-0.05, 0) is 30.0 Å². The van der Waals surface area contributed by atoms with Crippen LogP contribution in [0.25, 0.3) is 15.9 Å². The number of carbonyl (C=O) groups excluding carboxylic acids is 1. The second kappa shape index (κ2) is 5.54. The van der Waals surface area contributed by atoms with Crippen molar-refractivity contribution in [3.05, 3.63) is 68.7 Å². The molecule has 5 rings (SSSR count). The SMILES string of the molecule is Cc1ccc2cc(C3CC(=O)NCc4nc5sccn5c43)c(=O)[nH]c2c1. The largest absolute Gasteiger partial charge is 0.350 e. The minimum atomic E-state index is -0.327. The molecule has 1 amide bonds. The molecular formula is C19H16N4O2S. The first-order valence-corrected chi connectivity index (χ1v) is 9.33. The third kappa shape index (κ3) is 2.28. The van der Waals surface area contributed by atoms with Crippen LogP contribution in [0.1, 0.15) is 34.9 Å². The Morgan fingerprint density at radius 2 is 2.15 bits per heavy atom. The predicted octanol–water partition coefficient (Wildman–Crippen LogP) is 2.70. The molecule has 1 unspecified atom stereocenters. The van der Waals surface area contributed by atoms with Crippen LogP contribution in [0.2, 0.25) is 0 Å². The lowest BCUT2D eigenvalue weighted by Gasteiger charge is -2.15. The molecule has 6 nitrogen and oxygen atoms in total. The highest BCUT2D eigenvalue weighted by Gasteiger charge is 2.30. The number of nitrogens with zero attached hydrogens (tertiary/aromatic N) is 2. The Morgan fingerprint density at radius 1 is 1.27 bits per heavy atom. The predicted molar refractivity (Wildman–Crippen MR) is 101 cm³/mol. The number of nitrogens with one attached hydrogen (secondary N) is 2. The van der Waals surface area contributed by atoms with Crippen molar-refractivity contribution in [1.82, 2.24) is 19.7 Å². The second-order valence-electron chi connectivity index (χ2n) is 6.68. The number of hydrogen-bond donors (Lipinski definition) is 2. The first kappa shape index (κ1) is 15.3. The number of H-pyrrole nitrogens is 1. The molecule has 130 valence electrons. The average molecular weight is 364 g/mol. The van der Waals surface area contributed by atoms with Gasteiger partial charge in [-0.1, -0.05) is 12.1 Å². The highest BCUT2D eigenvalue weighted by Crippen LogP contribution is 2.33. The molecule has 1 aromatic carbocycles. The Labute approximate surface area is 152 Å². The van der Waals surface area contributed by atoms with Crippen molar-refractivity contribution in [2.45, 2.75) is 25.8 Å². The molecule has 0 saturated heterocycles. The van der Waals surface area contributed by atoms with Crippen LogP contribution in [0.5, 0.6) is 0 Å². The summed E-state index contributed by atoms with van der Waals surface area (Å²) in [7, 11) is 0. The van der Waals surface area contributed by atoms with Gasteiger partial charge in [-0.25, -0.2) is 4.98 Å². The fourth-order valence-corrected chi connectivity index (χ4v) is 4.47. The number of amides is 1. The summed E-state index contributed by atoms with van der Waals surface area (Å²) in [5, 5.41) is 5.82. The molecule has 1 aliphatic rings. The lowest BCUT2D eigenvalue weighted by Crippen LogP contribution is -2.24. The Balaban J connectivity index is 1.77.